The van der Waals surface area contributed by atoms with Crippen molar-refractivity contribution in [2.45, 2.75) is 25.7 Å². The van der Waals surface area contributed by atoms with Crippen LogP contribution in [-0.4, -0.2) is 18.2 Å². The summed E-state index contributed by atoms with van der Waals surface area (Å²) in [5.74, 6) is 0.260. The van der Waals surface area contributed by atoms with Crippen molar-refractivity contribution >= 4 is 0 Å². The molecule has 0 aliphatic carbocycles. The fourth-order valence-corrected chi connectivity index (χ4v) is 2.35. The lowest BCUT2D eigenvalue weighted by Gasteiger charge is -2.23. The number of hydrogen-bond donors (Lipinski definition) is 2. The first-order valence-electron chi connectivity index (χ1n) is 5.98. The Balaban J connectivity index is 2.12. The lowest BCUT2D eigenvalue weighted by atomic mass is 9.90. The zero-order chi connectivity index (χ0) is 12.3. The molecule has 1 aromatic carbocycles. The number of phenols is 1. The number of aromatic hydroxyl groups is 1. The second-order valence-electron chi connectivity index (χ2n) is 4.55. The van der Waals surface area contributed by atoms with E-state index in [9.17, 15) is 13.9 Å². The molecule has 0 unspecified atom stereocenters. The third-order valence-corrected chi connectivity index (χ3v) is 3.35. The Morgan fingerprint density at radius 1 is 1.29 bits per heavy atom. The summed E-state index contributed by atoms with van der Waals surface area (Å²) in [6.07, 6.45) is 0.160. The molecule has 2 nitrogen and oxygen atoms in total. The van der Waals surface area contributed by atoms with Crippen LogP contribution in [0.25, 0.3) is 0 Å². The lowest BCUT2D eigenvalue weighted by molar-refractivity contribution is 0.147. The van der Waals surface area contributed by atoms with Crippen LogP contribution >= 0.6 is 0 Å². The number of benzene rings is 1. The van der Waals surface area contributed by atoms with Gasteiger partial charge in [0, 0.05) is 0 Å². The Hall–Kier alpha value is -1.16. The maximum Gasteiger partial charge on any atom is 0.267 e. The summed E-state index contributed by atoms with van der Waals surface area (Å²) in [7, 11) is 0. The highest BCUT2D eigenvalue weighted by atomic mass is 19.3. The molecular weight excluding hydrogens is 224 g/mol. The fourth-order valence-electron chi connectivity index (χ4n) is 2.35. The molecule has 1 heterocycles. The highest BCUT2D eigenvalue weighted by Crippen LogP contribution is 2.33. The van der Waals surface area contributed by atoms with Crippen molar-refractivity contribution < 1.29 is 13.9 Å². The molecule has 0 atom stereocenters. The van der Waals surface area contributed by atoms with Crippen LogP contribution in [0, 0.1) is 5.92 Å². The van der Waals surface area contributed by atoms with Crippen molar-refractivity contribution in [2.24, 2.45) is 5.92 Å². The van der Waals surface area contributed by atoms with Crippen LogP contribution in [0.5, 0.6) is 5.75 Å². The molecular formula is C13H17F2NO. The predicted octanol–water partition coefficient (Wildman–Crippen LogP) is 2.87. The summed E-state index contributed by atoms with van der Waals surface area (Å²) in [5.41, 5.74) is 0.395. The van der Waals surface area contributed by atoms with Crippen molar-refractivity contribution in [3.05, 3.63) is 29.3 Å². The van der Waals surface area contributed by atoms with Crippen LogP contribution in [0.15, 0.2) is 18.2 Å². The largest absolute Gasteiger partial charge is 0.507 e. The zero-order valence-electron chi connectivity index (χ0n) is 9.63. The molecule has 0 bridgehead atoms. The molecule has 1 aliphatic rings. The van der Waals surface area contributed by atoms with Crippen molar-refractivity contribution in [2.75, 3.05) is 13.1 Å². The van der Waals surface area contributed by atoms with Crippen molar-refractivity contribution in [1.82, 2.24) is 5.32 Å². The van der Waals surface area contributed by atoms with E-state index >= 15 is 0 Å². The maximum absolute atomic E-state index is 12.6. The number of piperidine rings is 1. The molecule has 0 saturated carbocycles. The second kappa shape index (κ2) is 5.45. The number of phenolic OH excluding ortho intramolecular Hbond substituents is 1. The van der Waals surface area contributed by atoms with E-state index in [4.69, 9.17) is 0 Å². The van der Waals surface area contributed by atoms with E-state index in [0.29, 0.717) is 17.9 Å². The summed E-state index contributed by atoms with van der Waals surface area (Å²) in [6.45, 7) is 1.94. The lowest BCUT2D eigenvalue weighted by Crippen LogP contribution is -2.28. The van der Waals surface area contributed by atoms with Crippen LogP contribution < -0.4 is 5.32 Å². The average Bonchev–Trinajstić information content (AvgIpc) is 2.33. The third-order valence-electron chi connectivity index (χ3n) is 3.35. The molecule has 4 heteroatoms. The van der Waals surface area contributed by atoms with Gasteiger partial charge in [-0.1, -0.05) is 12.1 Å². The molecule has 0 aromatic heterocycles. The van der Waals surface area contributed by atoms with Crippen molar-refractivity contribution in [3.8, 4) is 5.75 Å². The van der Waals surface area contributed by atoms with Gasteiger partial charge in [-0.25, -0.2) is 8.78 Å². The number of halogens is 2. The monoisotopic (exact) mass is 241 g/mol. The molecule has 94 valence electrons. The molecule has 1 aliphatic heterocycles. The standard InChI is InChI=1S/C13H17F2NO/c14-13(15)11-3-1-2-10(12(11)17)8-9-4-6-16-7-5-9/h1-3,9,13,16-17H,4-8H2. The van der Waals surface area contributed by atoms with Gasteiger partial charge in [-0.15, -0.1) is 0 Å². The van der Waals surface area contributed by atoms with Crippen LogP contribution in [-0.2, 0) is 6.42 Å². The highest BCUT2D eigenvalue weighted by Gasteiger charge is 2.19. The third kappa shape index (κ3) is 2.94. The van der Waals surface area contributed by atoms with Crippen LogP contribution in [0.4, 0.5) is 8.78 Å². The van der Waals surface area contributed by atoms with Gasteiger partial charge in [0.25, 0.3) is 6.43 Å². The molecule has 2 N–H and O–H groups in total. The summed E-state index contributed by atoms with van der Waals surface area (Å²) in [5, 5.41) is 13.1. The highest BCUT2D eigenvalue weighted by molar-refractivity contribution is 5.41. The maximum atomic E-state index is 12.6. The first-order valence-corrected chi connectivity index (χ1v) is 5.98. The molecule has 1 fully saturated rings. The molecule has 17 heavy (non-hydrogen) atoms. The Morgan fingerprint density at radius 2 is 2.00 bits per heavy atom. The van der Waals surface area contributed by atoms with Gasteiger partial charge in [0.2, 0.25) is 0 Å². The summed E-state index contributed by atoms with van der Waals surface area (Å²) >= 11 is 0. The van der Waals surface area contributed by atoms with Crippen LogP contribution in [0.3, 0.4) is 0 Å². The quantitative estimate of drug-likeness (QED) is 0.852. The zero-order valence-corrected chi connectivity index (χ0v) is 9.63. The molecule has 0 amide bonds. The molecule has 1 saturated heterocycles. The topological polar surface area (TPSA) is 32.3 Å². The summed E-state index contributed by atoms with van der Waals surface area (Å²) in [4.78, 5) is 0. The van der Waals surface area contributed by atoms with E-state index in [-0.39, 0.29) is 11.3 Å². The number of alkyl halides is 2. The van der Waals surface area contributed by atoms with Gasteiger partial charge in [0.05, 0.1) is 5.56 Å². The molecule has 0 spiro atoms. The normalized spacial score (nSPS) is 17.6. The van der Waals surface area contributed by atoms with Crippen LogP contribution in [0.2, 0.25) is 0 Å². The van der Waals surface area contributed by atoms with Gasteiger partial charge in [-0.2, -0.15) is 0 Å². The van der Waals surface area contributed by atoms with Gasteiger partial charge in [-0.05, 0) is 49.9 Å². The van der Waals surface area contributed by atoms with E-state index < -0.39 is 6.43 Å². The Bertz CT molecular complexity index is 376. The average molecular weight is 241 g/mol. The van der Waals surface area contributed by atoms with Crippen molar-refractivity contribution in [1.29, 1.82) is 0 Å². The van der Waals surface area contributed by atoms with E-state index in [1.165, 1.54) is 6.07 Å². The van der Waals surface area contributed by atoms with Gasteiger partial charge in [0.15, 0.2) is 0 Å². The number of para-hydroxylation sites is 1. The second-order valence-corrected chi connectivity index (χ2v) is 4.55. The summed E-state index contributed by atoms with van der Waals surface area (Å²) < 4.78 is 25.2. The minimum Gasteiger partial charge on any atom is -0.507 e. The predicted molar refractivity (Wildman–Crippen MR) is 62.4 cm³/mol. The Kier molecular flexibility index (Phi) is 3.94. The Labute approximate surface area is 99.7 Å². The number of hydrogen-bond acceptors (Lipinski definition) is 2. The van der Waals surface area contributed by atoms with Crippen molar-refractivity contribution in [3.63, 3.8) is 0 Å². The van der Waals surface area contributed by atoms with Gasteiger partial charge in [-0.3, -0.25) is 0 Å². The van der Waals surface area contributed by atoms with E-state index in [1.807, 2.05) is 0 Å². The first kappa shape index (κ1) is 12.3. The van der Waals surface area contributed by atoms with E-state index in [0.717, 1.165) is 25.9 Å². The van der Waals surface area contributed by atoms with E-state index in [2.05, 4.69) is 5.32 Å². The minimum atomic E-state index is -2.61. The van der Waals surface area contributed by atoms with Gasteiger partial charge < -0.3 is 10.4 Å². The van der Waals surface area contributed by atoms with Gasteiger partial charge in [0.1, 0.15) is 5.75 Å². The first-order chi connectivity index (χ1) is 8.18. The number of nitrogens with one attached hydrogen (secondary N) is 1. The SMILES string of the molecule is Oc1c(CC2CCNCC2)cccc1C(F)F. The molecule has 1 aromatic rings. The molecule has 0 radical (unpaired) electrons. The van der Waals surface area contributed by atoms with E-state index in [1.54, 1.807) is 12.1 Å². The minimum absolute atomic E-state index is 0.221. The molecule has 2 rings (SSSR count). The summed E-state index contributed by atoms with van der Waals surface area (Å²) in [6, 6.07) is 4.62. The number of rotatable bonds is 3. The van der Waals surface area contributed by atoms with Crippen LogP contribution in [0.1, 0.15) is 30.4 Å². The Morgan fingerprint density at radius 3 is 2.65 bits per heavy atom. The van der Waals surface area contributed by atoms with Gasteiger partial charge >= 0.3 is 0 Å². The smallest absolute Gasteiger partial charge is 0.267 e. The fraction of sp³-hybridized carbons (Fsp3) is 0.538.